The standard InChI is InChI=1S/C20H14FN3O4S/c21-12-3-5-13(6-4-12)24-19(18-2-1-9-28-18)22-23-20(24)29-11-17(27)15-8-7-14(25)10-16(15)26/h1-10,25-26H,11H2. The summed E-state index contributed by atoms with van der Waals surface area (Å²) >= 11 is 1.11. The number of benzene rings is 2. The minimum Gasteiger partial charge on any atom is -0.508 e. The minimum atomic E-state index is -0.381. The molecule has 146 valence electrons. The molecule has 0 aliphatic rings. The highest BCUT2D eigenvalue weighted by atomic mass is 32.2. The van der Waals surface area contributed by atoms with Crippen molar-refractivity contribution in [2.75, 3.05) is 5.75 Å². The van der Waals surface area contributed by atoms with E-state index >= 15 is 0 Å². The maximum absolute atomic E-state index is 13.4. The van der Waals surface area contributed by atoms with E-state index in [0.29, 0.717) is 22.4 Å². The van der Waals surface area contributed by atoms with Gasteiger partial charge in [-0.05, 0) is 48.5 Å². The molecule has 0 unspecified atom stereocenters. The van der Waals surface area contributed by atoms with Gasteiger partial charge in [0.15, 0.2) is 16.7 Å². The summed E-state index contributed by atoms with van der Waals surface area (Å²) in [7, 11) is 0. The van der Waals surface area contributed by atoms with E-state index in [-0.39, 0.29) is 34.4 Å². The Morgan fingerprint density at radius 3 is 2.59 bits per heavy atom. The number of carbonyl (C=O) groups is 1. The molecule has 0 saturated carbocycles. The van der Waals surface area contributed by atoms with E-state index in [9.17, 15) is 19.4 Å². The predicted molar refractivity (Wildman–Crippen MR) is 104 cm³/mol. The van der Waals surface area contributed by atoms with Crippen LogP contribution in [0.1, 0.15) is 10.4 Å². The van der Waals surface area contributed by atoms with Crippen LogP contribution in [-0.4, -0.2) is 36.5 Å². The highest BCUT2D eigenvalue weighted by Gasteiger charge is 2.20. The Morgan fingerprint density at radius 1 is 1.10 bits per heavy atom. The highest BCUT2D eigenvalue weighted by molar-refractivity contribution is 7.99. The van der Waals surface area contributed by atoms with E-state index in [4.69, 9.17) is 4.42 Å². The van der Waals surface area contributed by atoms with Gasteiger partial charge in [0.25, 0.3) is 0 Å². The predicted octanol–water partition coefficient (Wildman–Crippen LogP) is 4.05. The first-order valence-corrected chi connectivity index (χ1v) is 9.44. The number of thioether (sulfide) groups is 1. The summed E-state index contributed by atoms with van der Waals surface area (Å²) in [6.45, 7) is 0. The van der Waals surface area contributed by atoms with Crippen molar-refractivity contribution in [3.8, 4) is 28.8 Å². The number of carbonyl (C=O) groups excluding carboxylic acids is 1. The molecule has 4 aromatic rings. The number of aromatic nitrogens is 3. The molecule has 0 aliphatic carbocycles. The Labute approximate surface area is 168 Å². The van der Waals surface area contributed by atoms with Crippen molar-refractivity contribution in [3.05, 3.63) is 72.2 Å². The second-order valence-electron chi connectivity index (χ2n) is 6.01. The molecular weight excluding hydrogens is 397 g/mol. The lowest BCUT2D eigenvalue weighted by Gasteiger charge is -2.09. The zero-order valence-corrected chi connectivity index (χ0v) is 15.6. The van der Waals surface area contributed by atoms with Crippen LogP contribution in [0.2, 0.25) is 0 Å². The number of halogens is 1. The number of phenols is 2. The van der Waals surface area contributed by atoms with Crippen molar-refractivity contribution in [2.24, 2.45) is 0 Å². The monoisotopic (exact) mass is 411 g/mol. The van der Waals surface area contributed by atoms with E-state index < -0.39 is 0 Å². The molecule has 0 fully saturated rings. The molecule has 0 aliphatic heterocycles. The van der Waals surface area contributed by atoms with Gasteiger partial charge in [0.1, 0.15) is 17.3 Å². The number of ketones is 1. The van der Waals surface area contributed by atoms with Gasteiger partial charge in [-0.25, -0.2) is 4.39 Å². The molecule has 0 amide bonds. The van der Waals surface area contributed by atoms with Crippen LogP contribution in [0.4, 0.5) is 4.39 Å². The number of phenolic OH excluding ortho intramolecular Hbond substituents is 2. The Kier molecular flexibility index (Phi) is 5.05. The third kappa shape index (κ3) is 3.85. The maximum atomic E-state index is 13.4. The topological polar surface area (TPSA) is 101 Å². The Balaban J connectivity index is 1.65. The van der Waals surface area contributed by atoms with Gasteiger partial charge in [0.2, 0.25) is 5.82 Å². The Morgan fingerprint density at radius 2 is 1.90 bits per heavy atom. The van der Waals surface area contributed by atoms with E-state index in [2.05, 4.69) is 10.2 Å². The van der Waals surface area contributed by atoms with Gasteiger partial charge < -0.3 is 14.6 Å². The average molecular weight is 411 g/mol. The molecule has 2 N–H and O–H groups in total. The molecule has 9 heteroatoms. The van der Waals surface area contributed by atoms with Gasteiger partial charge in [-0.1, -0.05) is 11.8 Å². The van der Waals surface area contributed by atoms with Crippen LogP contribution in [-0.2, 0) is 0 Å². The van der Waals surface area contributed by atoms with Crippen LogP contribution in [0.5, 0.6) is 11.5 Å². The van der Waals surface area contributed by atoms with Crippen LogP contribution >= 0.6 is 11.8 Å². The molecule has 2 aromatic heterocycles. The van der Waals surface area contributed by atoms with Gasteiger partial charge in [-0.3, -0.25) is 9.36 Å². The third-order valence-electron chi connectivity index (χ3n) is 4.07. The largest absolute Gasteiger partial charge is 0.508 e. The number of rotatable bonds is 6. The third-order valence-corrected chi connectivity index (χ3v) is 5.00. The lowest BCUT2D eigenvalue weighted by molar-refractivity contribution is 0.102. The number of Topliss-reactive ketones (excluding diaryl/α,β-unsaturated/α-hetero) is 1. The first-order chi connectivity index (χ1) is 14.0. The maximum Gasteiger partial charge on any atom is 0.205 e. The Hall–Kier alpha value is -3.59. The van der Waals surface area contributed by atoms with Gasteiger partial charge in [-0.2, -0.15) is 0 Å². The second-order valence-corrected chi connectivity index (χ2v) is 6.95. The van der Waals surface area contributed by atoms with Crippen LogP contribution in [0.3, 0.4) is 0 Å². The van der Waals surface area contributed by atoms with Crippen molar-refractivity contribution in [1.82, 2.24) is 14.8 Å². The van der Waals surface area contributed by atoms with Crippen molar-refractivity contribution >= 4 is 17.5 Å². The molecule has 2 aromatic carbocycles. The van der Waals surface area contributed by atoms with Gasteiger partial charge in [0.05, 0.1) is 23.3 Å². The first-order valence-electron chi connectivity index (χ1n) is 8.46. The fraction of sp³-hybridized carbons (Fsp3) is 0.0500. The minimum absolute atomic E-state index is 0.0319. The number of nitrogens with zero attached hydrogens (tertiary/aromatic N) is 3. The van der Waals surface area contributed by atoms with Crippen LogP contribution < -0.4 is 0 Å². The SMILES string of the molecule is O=C(CSc1nnc(-c2ccco2)n1-c1ccc(F)cc1)c1ccc(O)cc1O. The molecule has 4 rings (SSSR count). The van der Waals surface area contributed by atoms with Crippen molar-refractivity contribution < 1.29 is 23.8 Å². The molecule has 2 heterocycles. The fourth-order valence-electron chi connectivity index (χ4n) is 2.72. The summed E-state index contributed by atoms with van der Waals surface area (Å²) in [6.07, 6.45) is 1.50. The van der Waals surface area contributed by atoms with Crippen molar-refractivity contribution in [3.63, 3.8) is 0 Å². The lowest BCUT2D eigenvalue weighted by atomic mass is 10.1. The molecule has 7 nitrogen and oxygen atoms in total. The highest BCUT2D eigenvalue weighted by Crippen LogP contribution is 2.30. The Bertz CT molecular complexity index is 1160. The zero-order valence-electron chi connectivity index (χ0n) is 14.8. The van der Waals surface area contributed by atoms with Crippen LogP contribution in [0, 0.1) is 5.82 Å². The van der Waals surface area contributed by atoms with Gasteiger partial charge in [0, 0.05) is 6.07 Å². The summed E-state index contributed by atoms with van der Waals surface area (Å²) < 4.78 is 20.4. The normalized spacial score (nSPS) is 10.9. The molecule has 29 heavy (non-hydrogen) atoms. The van der Waals surface area contributed by atoms with Crippen LogP contribution in [0.15, 0.2) is 70.4 Å². The molecule has 0 bridgehead atoms. The summed E-state index contributed by atoms with van der Waals surface area (Å²) in [5.41, 5.74) is 0.694. The fourth-order valence-corrected chi connectivity index (χ4v) is 3.55. The quantitative estimate of drug-likeness (QED) is 0.364. The second kappa shape index (κ2) is 7.80. The number of aromatic hydroxyl groups is 2. The van der Waals surface area contributed by atoms with Crippen molar-refractivity contribution in [1.29, 1.82) is 0 Å². The molecule has 0 radical (unpaired) electrons. The summed E-state index contributed by atoms with van der Waals surface area (Å²) in [4.78, 5) is 12.5. The van der Waals surface area contributed by atoms with Gasteiger partial charge in [-0.15, -0.1) is 10.2 Å². The molecule has 0 atom stereocenters. The molecule has 0 spiro atoms. The van der Waals surface area contributed by atoms with E-state index in [1.165, 1.54) is 30.5 Å². The van der Waals surface area contributed by atoms with Crippen molar-refractivity contribution in [2.45, 2.75) is 5.16 Å². The molecule has 0 saturated heterocycles. The van der Waals surface area contributed by atoms with Crippen LogP contribution in [0.25, 0.3) is 17.3 Å². The summed E-state index contributed by atoms with van der Waals surface area (Å²) in [5, 5.41) is 27.9. The van der Waals surface area contributed by atoms with E-state index in [1.54, 1.807) is 28.8 Å². The lowest BCUT2D eigenvalue weighted by Crippen LogP contribution is -2.05. The summed E-state index contributed by atoms with van der Waals surface area (Å²) in [6, 6.07) is 13.0. The number of hydrogen-bond acceptors (Lipinski definition) is 7. The zero-order chi connectivity index (χ0) is 20.4. The van der Waals surface area contributed by atoms with E-state index in [0.717, 1.165) is 17.8 Å². The van der Waals surface area contributed by atoms with Gasteiger partial charge >= 0.3 is 0 Å². The number of furan rings is 1. The first kappa shape index (κ1) is 18.8. The summed E-state index contributed by atoms with van der Waals surface area (Å²) in [5.74, 6) is -0.317. The number of hydrogen-bond donors (Lipinski definition) is 2. The molecular formula is C20H14FN3O4S. The average Bonchev–Trinajstić information content (AvgIpc) is 3.36. The van der Waals surface area contributed by atoms with E-state index in [1.807, 2.05) is 0 Å². The smallest absolute Gasteiger partial charge is 0.205 e.